The van der Waals surface area contributed by atoms with Gasteiger partial charge in [-0.15, -0.1) is 0 Å². The summed E-state index contributed by atoms with van der Waals surface area (Å²) in [4.78, 5) is 34.2. The van der Waals surface area contributed by atoms with Gasteiger partial charge in [-0.3, -0.25) is 9.59 Å². The fourth-order valence-corrected chi connectivity index (χ4v) is 1.52. The average molecular weight is 286 g/mol. The first-order valence-corrected chi connectivity index (χ1v) is 6.90. The van der Waals surface area contributed by atoms with E-state index in [1.165, 1.54) is 0 Å². The molecule has 0 aromatic carbocycles. The Hall–Kier alpha value is -1.59. The van der Waals surface area contributed by atoms with Gasteiger partial charge >= 0.3 is 17.9 Å². The summed E-state index contributed by atoms with van der Waals surface area (Å²) in [5, 5.41) is 0. The van der Waals surface area contributed by atoms with E-state index < -0.39 is 23.5 Å². The third kappa shape index (κ3) is 4.83. The van der Waals surface area contributed by atoms with Gasteiger partial charge in [-0.2, -0.15) is 0 Å². The Morgan fingerprint density at radius 2 is 2.10 bits per heavy atom. The molecule has 0 saturated carbocycles. The number of carbonyl (C=O) groups is 3. The van der Waals surface area contributed by atoms with Crippen LogP contribution in [0.5, 0.6) is 0 Å². The highest BCUT2D eigenvalue weighted by atomic mass is 16.6. The summed E-state index contributed by atoms with van der Waals surface area (Å²) < 4.78 is 14.8. The van der Waals surface area contributed by atoms with Crippen LogP contribution in [0.1, 0.15) is 46.5 Å². The van der Waals surface area contributed by atoms with Gasteiger partial charge in [-0.05, 0) is 26.7 Å². The van der Waals surface area contributed by atoms with Crippen LogP contribution < -0.4 is 0 Å². The molecule has 6 nitrogen and oxygen atoms in total. The average Bonchev–Trinajstić information content (AvgIpc) is 2.80. The zero-order chi connectivity index (χ0) is 15.2. The molecule has 0 aromatic heterocycles. The molecule has 1 saturated heterocycles. The third-order valence-corrected chi connectivity index (χ3v) is 3.36. The Morgan fingerprint density at radius 3 is 2.65 bits per heavy atom. The van der Waals surface area contributed by atoms with Crippen molar-refractivity contribution in [2.45, 2.75) is 52.6 Å². The number of ether oxygens (including phenoxy) is 3. The first kappa shape index (κ1) is 16.5. The van der Waals surface area contributed by atoms with Crippen molar-refractivity contribution in [1.29, 1.82) is 0 Å². The van der Waals surface area contributed by atoms with Crippen molar-refractivity contribution in [1.82, 2.24) is 0 Å². The summed E-state index contributed by atoms with van der Waals surface area (Å²) in [6.07, 6.45) is 0.821. The van der Waals surface area contributed by atoms with Crippen molar-refractivity contribution < 1.29 is 28.6 Å². The lowest BCUT2D eigenvalue weighted by Gasteiger charge is -2.20. The first-order valence-electron chi connectivity index (χ1n) is 6.90. The molecule has 0 bridgehead atoms. The molecule has 1 atom stereocenters. The van der Waals surface area contributed by atoms with Gasteiger partial charge in [0.15, 0.2) is 0 Å². The second-order valence-corrected chi connectivity index (χ2v) is 5.41. The Balaban J connectivity index is 2.16. The van der Waals surface area contributed by atoms with Crippen molar-refractivity contribution in [2.75, 3.05) is 13.2 Å². The van der Waals surface area contributed by atoms with Crippen LogP contribution in [0.25, 0.3) is 0 Å². The minimum atomic E-state index is -0.774. The summed E-state index contributed by atoms with van der Waals surface area (Å²) in [7, 11) is 0. The van der Waals surface area contributed by atoms with E-state index >= 15 is 0 Å². The van der Waals surface area contributed by atoms with Crippen LogP contribution in [0.2, 0.25) is 0 Å². The second-order valence-electron chi connectivity index (χ2n) is 5.41. The Labute approximate surface area is 118 Å². The molecule has 0 amide bonds. The zero-order valence-electron chi connectivity index (χ0n) is 12.3. The molecule has 1 heterocycles. The molecule has 0 N–H and O–H groups in total. The second kappa shape index (κ2) is 7.26. The summed E-state index contributed by atoms with van der Waals surface area (Å²) in [5.74, 6) is -1.23. The van der Waals surface area contributed by atoms with Crippen LogP contribution in [0.4, 0.5) is 0 Å². The SMILES string of the molecule is CCC(C)(C)C(=O)OCCCC(=O)OC1CCOC1=O. The maximum atomic E-state index is 11.7. The highest BCUT2D eigenvalue weighted by Crippen LogP contribution is 2.21. The largest absolute Gasteiger partial charge is 0.465 e. The quantitative estimate of drug-likeness (QED) is 0.402. The van der Waals surface area contributed by atoms with Crippen molar-refractivity contribution in [3.05, 3.63) is 0 Å². The topological polar surface area (TPSA) is 78.9 Å². The molecule has 0 aliphatic carbocycles. The van der Waals surface area contributed by atoms with Gasteiger partial charge in [-0.1, -0.05) is 6.92 Å². The minimum Gasteiger partial charge on any atom is -0.465 e. The van der Waals surface area contributed by atoms with Crippen molar-refractivity contribution in [3.63, 3.8) is 0 Å². The van der Waals surface area contributed by atoms with Crippen LogP contribution >= 0.6 is 0 Å². The molecule has 20 heavy (non-hydrogen) atoms. The molecule has 1 aliphatic heterocycles. The van der Waals surface area contributed by atoms with Gasteiger partial charge in [0, 0.05) is 12.8 Å². The number of rotatable bonds is 7. The normalized spacial score (nSPS) is 18.6. The molecule has 1 fully saturated rings. The summed E-state index contributed by atoms with van der Waals surface area (Å²) in [6, 6.07) is 0. The van der Waals surface area contributed by atoms with Gasteiger partial charge in [0.25, 0.3) is 0 Å². The predicted octanol–water partition coefficient (Wildman–Crippen LogP) is 1.60. The van der Waals surface area contributed by atoms with Gasteiger partial charge in [0.1, 0.15) is 0 Å². The molecule has 0 aromatic rings. The number of hydrogen-bond donors (Lipinski definition) is 0. The Kier molecular flexibility index (Phi) is 5.98. The molecule has 1 rings (SSSR count). The number of cyclic esters (lactones) is 1. The third-order valence-electron chi connectivity index (χ3n) is 3.36. The highest BCUT2D eigenvalue weighted by Gasteiger charge is 2.30. The van der Waals surface area contributed by atoms with E-state index in [0.29, 0.717) is 25.9 Å². The van der Waals surface area contributed by atoms with E-state index in [1.807, 2.05) is 20.8 Å². The van der Waals surface area contributed by atoms with Crippen molar-refractivity contribution >= 4 is 17.9 Å². The smallest absolute Gasteiger partial charge is 0.347 e. The van der Waals surface area contributed by atoms with E-state index in [-0.39, 0.29) is 19.0 Å². The number of esters is 3. The highest BCUT2D eigenvalue weighted by molar-refractivity contribution is 5.80. The summed E-state index contributed by atoms with van der Waals surface area (Å²) in [5.41, 5.74) is -0.506. The molecule has 1 unspecified atom stereocenters. The maximum absolute atomic E-state index is 11.7. The number of hydrogen-bond acceptors (Lipinski definition) is 6. The van der Waals surface area contributed by atoms with E-state index in [9.17, 15) is 14.4 Å². The van der Waals surface area contributed by atoms with Crippen LogP contribution in [-0.2, 0) is 28.6 Å². The summed E-state index contributed by atoms with van der Waals surface area (Å²) in [6.45, 7) is 6.01. The first-order chi connectivity index (χ1) is 9.36. The minimum absolute atomic E-state index is 0.115. The van der Waals surface area contributed by atoms with Crippen LogP contribution in [0, 0.1) is 5.41 Å². The van der Waals surface area contributed by atoms with E-state index in [1.54, 1.807) is 0 Å². The number of carbonyl (C=O) groups excluding carboxylic acids is 3. The molecule has 0 spiro atoms. The molecular weight excluding hydrogens is 264 g/mol. The maximum Gasteiger partial charge on any atom is 0.347 e. The molecular formula is C14H22O6. The molecule has 6 heteroatoms. The fraction of sp³-hybridized carbons (Fsp3) is 0.786. The molecule has 0 radical (unpaired) electrons. The van der Waals surface area contributed by atoms with E-state index in [2.05, 4.69) is 4.74 Å². The van der Waals surface area contributed by atoms with Crippen molar-refractivity contribution in [3.8, 4) is 0 Å². The van der Waals surface area contributed by atoms with Crippen LogP contribution in [0.15, 0.2) is 0 Å². The lowest BCUT2D eigenvalue weighted by atomic mass is 9.91. The van der Waals surface area contributed by atoms with Gasteiger partial charge < -0.3 is 14.2 Å². The van der Waals surface area contributed by atoms with Gasteiger partial charge in [0.2, 0.25) is 6.10 Å². The fourth-order valence-electron chi connectivity index (χ4n) is 1.52. The lowest BCUT2D eigenvalue weighted by Crippen LogP contribution is -2.26. The van der Waals surface area contributed by atoms with Gasteiger partial charge in [0.05, 0.1) is 18.6 Å². The predicted molar refractivity (Wildman–Crippen MR) is 69.7 cm³/mol. The van der Waals surface area contributed by atoms with Gasteiger partial charge in [-0.25, -0.2) is 4.79 Å². The van der Waals surface area contributed by atoms with E-state index in [4.69, 9.17) is 9.47 Å². The lowest BCUT2D eigenvalue weighted by molar-refractivity contribution is -0.161. The molecule has 1 aliphatic rings. The van der Waals surface area contributed by atoms with Crippen molar-refractivity contribution in [2.24, 2.45) is 5.41 Å². The van der Waals surface area contributed by atoms with E-state index in [0.717, 1.165) is 0 Å². The monoisotopic (exact) mass is 286 g/mol. The Bertz CT molecular complexity index is 374. The zero-order valence-corrected chi connectivity index (χ0v) is 12.3. The van der Waals surface area contributed by atoms with Crippen LogP contribution in [0.3, 0.4) is 0 Å². The molecule has 114 valence electrons. The van der Waals surface area contributed by atoms with Crippen LogP contribution in [-0.4, -0.2) is 37.2 Å². The Morgan fingerprint density at radius 1 is 1.40 bits per heavy atom. The summed E-state index contributed by atoms with van der Waals surface area (Å²) >= 11 is 0. The standard InChI is InChI=1S/C14H22O6/c1-4-14(2,3)13(17)19-8-5-6-11(15)20-10-7-9-18-12(10)16/h10H,4-9H2,1-3H3.